The second-order valence-corrected chi connectivity index (χ2v) is 12.1. The van der Waals surface area contributed by atoms with Crippen molar-refractivity contribution in [2.24, 2.45) is 0 Å². The summed E-state index contributed by atoms with van der Waals surface area (Å²) in [4.78, 5) is 9.45. The van der Waals surface area contributed by atoms with Crippen molar-refractivity contribution in [3.63, 3.8) is 0 Å². The third-order valence-corrected chi connectivity index (χ3v) is 7.83. The molecule has 0 radical (unpaired) electrons. The van der Waals surface area contributed by atoms with Crippen molar-refractivity contribution in [1.29, 1.82) is 0 Å². The summed E-state index contributed by atoms with van der Waals surface area (Å²) in [5.74, 6) is 2.70. The second kappa shape index (κ2) is 20.9. The van der Waals surface area contributed by atoms with Crippen LogP contribution in [0, 0.1) is 10.1 Å². The minimum Gasteiger partial charge on any atom is -0.395 e. The molecule has 1 aliphatic rings. The maximum absolute atomic E-state index is 10.4. The normalized spacial score (nSPS) is 17.1. The van der Waals surface area contributed by atoms with E-state index in [1.165, 1.54) is 12.2 Å². The Balaban J connectivity index is -0.000000345. The summed E-state index contributed by atoms with van der Waals surface area (Å²) in [7, 11) is -4.21. The van der Waals surface area contributed by atoms with Crippen LogP contribution in [0.2, 0.25) is 0 Å². The quantitative estimate of drug-likeness (QED) is 0.227. The fraction of sp³-hybridized carbons (Fsp3) is 0.778. The van der Waals surface area contributed by atoms with Crippen molar-refractivity contribution in [1.82, 2.24) is 0 Å². The van der Waals surface area contributed by atoms with E-state index in [-0.39, 0.29) is 42.6 Å². The molecule has 1 atom stereocenters. The van der Waals surface area contributed by atoms with Gasteiger partial charge in [0.15, 0.2) is 0 Å². The van der Waals surface area contributed by atoms with E-state index < -0.39 is 42.1 Å². The van der Waals surface area contributed by atoms with Crippen molar-refractivity contribution in [3.8, 4) is 0 Å². The minimum absolute atomic E-state index is 0.0521. The number of nitro groups is 1. The van der Waals surface area contributed by atoms with Gasteiger partial charge in [0.2, 0.25) is 0 Å². The van der Waals surface area contributed by atoms with Gasteiger partial charge in [-0.05, 0) is 0 Å². The molecule has 0 spiro atoms. The van der Waals surface area contributed by atoms with E-state index >= 15 is 0 Å². The SMILES string of the molecule is CCS(=O)(=O)CC.CCS(=O)CC.O=S(CCO)CCO.O=[N+]([O-])C1(O)C=CC=CC1. The van der Waals surface area contributed by atoms with Crippen LogP contribution in [0.15, 0.2) is 24.3 Å². The molecule has 1 aliphatic carbocycles. The fourth-order valence-corrected chi connectivity index (χ4v) is 2.87. The summed E-state index contributed by atoms with van der Waals surface area (Å²) in [6, 6.07) is 0. The molecular weight excluding hydrogens is 470 g/mol. The van der Waals surface area contributed by atoms with Gasteiger partial charge in [0.25, 0.3) is 0 Å². The highest BCUT2D eigenvalue weighted by Crippen LogP contribution is 2.17. The Labute approximate surface area is 190 Å². The smallest absolute Gasteiger partial charge is 0.345 e. The molecule has 186 valence electrons. The first-order valence-electron chi connectivity index (χ1n) is 9.72. The molecule has 10 nitrogen and oxygen atoms in total. The first-order chi connectivity index (χ1) is 14.4. The highest BCUT2D eigenvalue weighted by atomic mass is 32.2. The lowest BCUT2D eigenvalue weighted by atomic mass is 10.1. The van der Waals surface area contributed by atoms with Crippen molar-refractivity contribution >= 4 is 31.4 Å². The van der Waals surface area contributed by atoms with Crippen LogP contribution >= 0.6 is 0 Å². The third-order valence-electron chi connectivity index (χ3n) is 3.51. The Kier molecular flexibility index (Phi) is 23.3. The highest BCUT2D eigenvalue weighted by Gasteiger charge is 2.36. The minimum atomic E-state index is -2.66. The number of nitrogens with zero attached hydrogens (tertiary/aromatic N) is 1. The number of aliphatic hydroxyl groups is 3. The van der Waals surface area contributed by atoms with Crippen LogP contribution in [0.3, 0.4) is 0 Å². The Morgan fingerprint density at radius 1 is 0.968 bits per heavy atom. The van der Waals surface area contributed by atoms with Gasteiger partial charge in [0.1, 0.15) is 9.84 Å². The number of hydrogen-bond donors (Lipinski definition) is 3. The van der Waals surface area contributed by atoms with Crippen LogP contribution in [-0.2, 0) is 31.4 Å². The molecule has 0 aromatic heterocycles. The number of rotatable bonds is 9. The predicted molar refractivity (Wildman–Crippen MR) is 126 cm³/mol. The van der Waals surface area contributed by atoms with E-state index in [1.807, 2.05) is 13.8 Å². The molecule has 1 rings (SSSR count). The molecule has 0 saturated heterocycles. The monoisotopic (exact) mass is 507 g/mol. The molecule has 1 unspecified atom stereocenters. The molecule has 0 heterocycles. The fourth-order valence-electron chi connectivity index (χ4n) is 1.45. The van der Waals surface area contributed by atoms with Gasteiger partial charge >= 0.3 is 5.72 Å². The highest BCUT2D eigenvalue weighted by molar-refractivity contribution is 7.91. The Bertz CT molecular complexity index is 655. The molecule has 0 aliphatic heterocycles. The van der Waals surface area contributed by atoms with Crippen molar-refractivity contribution < 1.29 is 37.1 Å². The number of hydrogen-bond acceptors (Lipinski definition) is 9. The molecule has 0 fully saturated rings. The van der Waals surface area contributed by atoms with E-state index in [0.29, 0.717) is 0 Å². The van der Waals surface area contributed by atoms with Gasteiger partial charge in [0, 0.05) is 62.2 Å². The van der Waals surface area contributed by atoms with Crippen LogP contribution < -0.4 is 0 Å². The standard InChI is InChI=1S/C6H7NO3.C4H10O3S.C4H10O2S.C4H10OS/c8-6(7(9)10)4-2-1-3-5-6;5-1-3-8(7)4-2-6;1-3-7(5,6)4-2;1-3-6(5)4-2/h1-4,8H,5H2;5-6H,1-4H2;3-4H2,1-2H3;3-4H2,1-2H3. The van der Waals surface area contributed by atoms with Crippen molar-refractivity contribution in [3.05, 3.63) is 34.4 Å². The van der Waals surface area contributed by atoms with Crippen LogP contribution in [-0.4, -0.2) is 90.5 Å². The second-order valence-electron chi connectivity index (χ2n) is 5.76. The van der Waals surface area contributed by atoms with E-state index in [2.05, 4.69) is 0 Å². The van der Waals surface area contributed by atoms with Gasteiger partial charge in [-0.3, -0.25) is 18.5 Å². The third kappa shape index (κ3) is 22.0. The summed E-state index contributed by atoms with van der Waals surface area (Å²) in [6.45, 7) is 7.04. The Morgan fingerprint density at radius 3 is 1.58 bits per heavy atom. The largest absolute Gasteiger partial charge is 0.395 e. The number of allylic oxidation sites excluding steroid dienone is 2. The van der Waals surface area contributed by atoms with E-state index in [1.54, 1.807) is 26.0 Å². The van der Waals surface area contributed by atoms with Crippen molar-refractivity contribution in [2.75, 3.05) is 47.7 Å². The van der Waals surface area contributed by atoms with Crippen LogP contribution in [0.1, 0.15) is 34.1 Å². The maximum atomic E-state index is 10.4. The van der Waals surface area contributed by atoms with Gasteiger partial charge in [0.05, 0.1) is 24.6 Å². The lowest BCUT2D eigenvalue weighted by Crippen LogP contribution is -2.35. The number of sulfone groups is 1. The summed E-state index contributed by atoms with van der Waals surface area (Å²) in [6.07, 6.45) is 5.91. The number of aliphatic hydroxyl groups excluding tert-OH is 2. The zero-order chi connectivity index (χ0) is 24.9. The lowest BCUT2D eigenvalue weighted by Gasteiger charge is -2.14. The topological polar surface area (TPSA) is 172 Å². The summed E-state index contributed by atoms with van der Waals surface area (Å²) in [5.41, 5.74) is -1.87. The molecule has 13 heteroatoms. The molecule has 0 aromatic rings. The zero-order valence-corrected chi connectivity index (χ0v) is 21.1. The van der Waals surface area contributed by atoms with E-state index in [9.17, 15) is 26.9 Å². The maximum Gasteiger partial charge on any atom is 0.345 e. The van der Waals surface area contributed by atoms with E-state index in [0.717, 1.165) is 11.5 Å². The van der Waals surface area contributed by atoms with Crippen molar-refractivity contribution in [2.45, 2.75) is 39.8 Å². The molecule has 3 N–H and O–H groups in total. The van der Waals surface area contributed by atoms with E-state index in [4.69, 9.17) is 15.3 Å². The Morgan fingerprint density at radius 2 is 1.42 bits per heavy atom. The van der Waals surface area contributed by atoms with Crippen LogP contribution in [0.25, 0.3) is 0 Å². The Hall–Kier alpha value is -0.990. The first-order valence-corrected chi connectivity index (χ1v) is 14.5. The van der Waals surface area contributed by atoms with Crippen LogP contribution in [0.4, 0.5) is 0 Å². The van der Waals surface area contributed by atoms with Crippen LogP contribution in [0.5, 0.6) is 0 Å². The molecular formula is C18H37NO9S3. The summed E-state index contributed by atoms with van der Waals surface area (Å²) in [5, 5.41) is 35.6. The van der Waals surface area contributed by atoms with Gasteiger partial charge < -0.3 is 15.3 Å². The predicted octanol–water partition coefficient (Wildman–Crippen LogP) is 0.403. The average Bonchev–Trinajstić information content (AvgIpc) is 2.75. The van der Waals surface area contributed by atoms with Gasteiger partial charge in [-0.1, -0.05) is 45.9 Å². The summed E-state index contributed by atoms with van der Waals surface area (Å²) < 4.78 is 41.5. The molecule has 31 heavy (non-hydrogen) atoms. The van der Waals surface area contributed by atoms with Gasteiger partial charge in [-0.2, -0.15) is 0 Å². The zero-order valence-electron chi connectivity index (χ0n) is 18.6. The average molecular weight is 508 g/mol. The first kappa shape index (κ1) is 34.6. The van der Waals surface area contributed by atoms with Gasteiger partial charge in [-0.15, -0.1) is 0 Å². The molecule has 0 amide bonds. The lowest BCUT2D eigenvalue weighted by molar-refractivity contribution is -0.607. The molecule has 0 saturated carbocycles. The molecule has 0 bridgehead atoms. The molecule has 0 aromatic carbocycles. The van der Waals surface area contributed by atoms with Gasteiger partial charge in [-0.25, -0.2) is 8.42 Å². The summed E-state index contributed by atoms with van der Waals surface area (Å²) >= 11 is 0.